The van der Waals surface area contributed by atoms with E-state index in [4.69, 9.17) is 4.74 Å². The summed E-state index contributed by atoms with van der Waals surface area (Å²) in [4.78, 5) is 12.5. The molecular weight excluding hydrogens is 484 g/mol. The van der Waals surface area contributed by atoms with E-state index >= 15 is 0 Å². The largest absolute Gasteiger partial charge is 0.461 e. The summed E-state index contributed by atoms with van der Waals surface area (Å²) in [5.74, 6) is 5.10. The zero-order valence-corrected chi connectivity index (χ0v) is 24.7. The van der Waals surface area contributed by atoms with Crippen molar-refractivity contribution in [2.24, 2.45) is 46.3 Å². The van der Waals surface area contributed by atoms with E-state index in [9.17, 15) is 4.79 Å². The van der Waals surface area contributed by atoms with Crippen LogP contribution in [0.4, 0.5) is 0 Å². The fourth-order valence-electron chi connectivity index (χ4n) is 9.04. The van der Waals surface area contributed by atoms with Gasteiger partial charge in [-0.05, 0) is 105 Å². The molecule has 4 aliphatic carbocycles. The monoisotopic (exact) mass is 534 g/mol. The van der Waals surface area contributed by atoms with Crippen LogP contribution in [-0.4, -0.2) is 16.4 Å². The summed E-state index contributed by atoms with van der Waals surface area (Å²) >= 11 is 3.47. The van der Waals surface area contributed by atoms with Gasteiger partial charge in [0.15, 0.2) is 0 Å². The topological polar surface area (TPSA) is 26.3 Å². The second-order valence-corrected chi connectivity index (χ2v) is 16.0. The van der Waals surface area contributed by atoms with Gasteiger partial charge < -0.3 is 4.74 Å². The number of halogens is 1. The van der Waals surface area contributed by atoms with Crippen molar-refractivity contribution in [3.63, 3.8) is 0 Å². The van der Waals surface area contributed by atoms with Crippen LogP contribution in [0.5, 0.6) is 0 Å². The molecule has 3 heteroatoms. The normalized spacial score (nSPS) is 40.7. The third-order valence-electron chi connectivity index (χ3n) is 11.0. The van der Waals surface area contributed by atoms with Crippen LogP contribution in [0.25, 0.3) is 0 Å². The number of fused-ring (bicyclic) bond motifs is 5. The number of rotatable bonds is 7. The standard InChI is InChI=1S/C31H51BrO2/c1-20(2)9-8-10-21(3)25-13-14-26-24-12-11-22-19-23(34-28(33)29(4,5)32)15-17-30(22,6)27(24)16-18-31(25,26)7/h11,20-21,23-27H,8-10,12-19H2,1-7H3/t21-,23-,24-,25+,26-,27-,30-,31+/m0/s1. The first kappa shape index (κ1) is 26.7. The summed E-state index contributed by atoms with van der Waals surface area (Å²) in [5, 5.41) is 0. The van der Waals surface area contributed by atoms with E-state index < -0.39 is 4.32 Å². The van der Waals surface area contributed by atoms with Gasteiger partial charge in [-0.1, -0.05) is 81.5 Å². The Kier molecular flexibility index (Phi) is 7.76. The summed E-state index contributed by atoms with van der Waals surface area (Å²) < 4.78 is 5.33. The number of carbonyl (C=O) groups excluding carboxylic acids is 1. The highest BCUT2D eigenvalue weighted by atomic mass is 79.9. The van der Waals surface area contributed by atoms with Gasteiger partial charge >= 0.3 is 5.97 Å². The molecule has 34 heavy (non-hydrogen) atoms. The molecule has 0 saturated heterocycles. The van der Waals surface area contributed by atoms with E-state index in [1.54, 1.807) is 5.57 Å². The Morgan fingerprint density at radius 3 is 2.50 bits per heavy atom. The van der Waals surface area contributed by atoms with Gasteiger partial charge in [0.25, 0.3) is 0 Å². The maximum absolute atomic E-state index is 12.5. The average Bonchev–Trinajstić information content (AvgIpc) is 3.10. The Balaban J connectivity index is 1.44. The predicted octanol–water partition coefficient (Wildman–Crippen LogP) is 9.11. The lowest BCUT2D eigenvalue weighted by molar-refractivity contribution is -0.153. The Bertz CT molecular complexity index is 779. The minimum absolute atomic E-state index is 0.0524. The number of ether oxygens (including phenoxy) is 1. The molecule has 194 valence electrons. The van der Waals surface area contributed by atoms with Crippen molar-refractivity contribution in [1.82, 2.24) is 0 Å². The lowest BCUT2D eigenvalue weighted by atomic mass is 9.47. The van der Waals surface area contributed by atoms with Gasteiger partial charge in [-0.3, -0.25) is 4.79 Å². The molecule has 0 aromatic carbocycles. The summed E-state index contributed by atoms with van der Waals surface area (Å²) in [7, 11) is 0. The van der Waals surface area contributed by atoms with Crippen molar-refractivity contribution in [3.05, 3.63) is 11.6 Å². The Labute approximate surface area is 218 Å². The van der Waals surface area contributed by atoms with Crippen LogP contribution >= 0.6 is 15.9 Å². The van der Waals surface area contributed by atoms with Gasteiger partial charge in [-0.15, -0.1) is 0 Å². The van der Waals surface area contributed by atoms with E-state index in [-0.39, 0.29) is 12.1 Å². The van der Waals surface area contributed by atoms with Crippen LogP contribution in [0.15, 0.2) is 11.6 Å². The number of esters is 1. The summed E-state index contributed by atoms with van der Waals surface area (Å²) in [6.07, 6.45) is 17.0. The van der Waals surface area contributed by atoms with Crippen LogP contribution < -0.4 is 0 Å². The first-order valence-electron chi connectivity index (χ1n) is 14.5. The molecule has 4 aliphatic rings. The van der Waals surface area contributed by atoms with Gasteiger partial charge in [-0.2, -0.15) is 0 Å². The van der Waals surface area contributed by atoms with Gasteiger partial charge in [0, 0.05) is 6.42 Å². The van der Waals surface area contributed by atoms with Gasteiger partial charge in [0.2, 0.25) is 0 Å². The third kappa shape index (κ3) is 4.95. The van der Waals surface area contributed by atoms with Crippen LogP contribution in [-0.2, 0) is 9.53 Å². The lowest BCUT2D eigenvalue weighted by Crippen LogP contribution is -2.51. The van der Waals surface area contributed by atoms with Crippen molar-refractivity contribution >= 4 is 21.9 Å². The molecule has 0 spiro atoms. The zero-order valence-electron chi connectivity index (χ0n) is 23.1. The highest BCUT2D eigenvalue weighted by Gasteiger charge is 2.59. The third-order valence-corrected chi connectivity index (χ3v) is 11.3. The molecular formula is C31H51BrO2. The van der Waals surface area contributed by atoms with Gasteiger partial charge in [-0.25, -0.2) is 0 Å². The van der Waals surface area contributed by atoms with E-state index in [0.717, 1.165) is 48.3 Å². The highest BCUT2D eigenvalue weighted by molar-refractivity contribution is 9.10. The molecule has 0 radical (unpaired) electrons. The fraction of sp³-hybridized carbons (Fsp3) is 0.903. The van der Waals surface area contributed by atoms with Crippen molar-refractivity contribution in [3.8, 4) is 0 Å². The minimum Gasteiger partial charge on any atom is -0.461 e. The molecule has 2 nitrogen and oxygen atoms in total. The maximum Gasteiger partial charge on any atom is 0.322 e. The van der Waals surface area contributed by atoms with E-state index in [0.29, 0.717) is 10.8 Å². The van der Waals surface area contributed by atoms with Crippen LogP contribution in [0.1, 0.15) is 119 Å². The number of hydrogen-bond acceptors (Lipinski definition) is 2. The molecule has 0 amide bonds. The fourth-order valence-corrected chi connectivity index (χ4v) is 9.14. The number of alkyl halides is 1. The Morgan fingerprint density at radius 1 is 1.09 bits per heavy atom. The summed E-state index contributed by atoms with van der Waals surface area (Å²) in [6.45, 7) is 16.3. The second-order valence-electron chi connectivity index (χ2n) is 14.0. The molecule has 0 heterocycles. The van der Waals surface area contributed by atoms with E-state index in [2.05, 4.69) is 56.6 Å². The first-order chi connectivity index (χ1) is 15.9. The van der Waals surface area contributed by atoms with Crippen LogP contribution in [0.3, 0.4) is 0 Å². The molecule has 8 atom stereocenters. The van der Waals surface area contributed by atoms with E-state index in [1.807, 2.05) is 13.8 Å². The summed E-state index contributed by atoms with van der Waals surface area (Å²) in [5.41, 5.74) is 2.47. The molecule has 0 bridgehead atoms. The lowest BCUT2D eigenvalue weighted by Gasteiger charge is -2.58. The van der Waals surface area contributed by atoms with Crippen molar-refractivity contribution in [1.29, 1.82) is 0 Å². The molecule has 0 aliphatic heterocycles. The molecule has 4 rings (SSSR count). The molecule has 0 aromatic heterocycles. The van der Waals surface area contributed by atoms with E-state index in [1.165, 1.54) is 57.8 Å². The van der Waals surface area contributed by atoms with Crippen molar-refractivity contribution < 1.29 is 9.53 Å². The average molecular weight is 536 g/mol. The second kappa shape index (κ2) is 9.86. The molecule has 0 aromatic rings. The molecule has 3 saturated carbocycles. The highest BCUT2D eigenvalue weighted by Crippen LogP contribution is 2.67. The molecule has 0 N–H and O–H groups in total. The van der Waals surface area contributed by atoms with Gasteiger partial charge in [0.05, 0.1) is 0 Å². The minimum atomic E-state index is -0.599. The van der Waals surface area contributed by atoms with Crippen LogP contribution in [0.2, 0.25) is 0 Å². The van der Waals surface area contributed by atoms with Crippen LogP contribution in [0, 0.1) is 46.3 Å². The van der Waals surface area contributed by atoms with Gasteiger partial charge in [0.1, 0.15) is 10.4 Å². The van der Waals surface area contributed by atoms with Crippen molar-refractivity contribution in [2.45, 2.75) is 130 Å². The zero-order chi connectivity index (χ0) is 24.9. The smallest absolute Gasteiger partial charge is 0.322 e. The number of allylic oxidation sites excluding steroid dienone is 1. The number of hydrogen-bond donors (Lipinski definition) is 0. The first-order valence-corrected chi connectivity index (χ1v) is 15.2. The molecule has 0 unspecified atom stereocenters. The SMILES string of the molecule is CC(C)CCC[C@H](C)[C@H]1CC[C@H]2[C@@H]3CC=C4C[C@@H](OC(=O)C(C)(C)Br)CC[C@]4(C)[C@H]3CC[C@]12C. The molecule has 3 fully saturated rings. The number of carbonyl (C=O) groups is 1. The van der Waals surface area contributed by atoms with Crippen molar-refractivity contribution in [2.75, 3.05) is 0 Å². The predicted molar refractivity (Wildman–Crippen MR) is 146 cm³/mol. The summed E-state index contributed by atoms with van der Waals surface area (Å²) in [6, 6.07) is 0. The Hall–Kier alpha value is -0.310. The Morgan fingerprint density at radius 2 is 1.82 bits per heavy atom. The maximum atomic E-state index is 12.5. The quantitative estimate of drug-likeness (QED) is 0.185.